The van der Waals surface area contributed by atoms with Gasteiger partial charge in [-0.15, -0.1) is 11.3 Å². The maximum absolute atomic E-state index is 9.19. The van der Waals surface area contributed by atoms with Crippen molar-refractivity contribution in [1.82, 2.24) is 9.38 Å². The lowest BCUT2D eigenvalue weighted by atomic mass is 10.0. The summed E-state index contributed by atoms with van der Waals surface area (Å²) in [6.45, 7) is 8.38. The van der Waals surface area contributed by atoms with Crippen molar-refractivity contribution in [3.63, 3.8) is 0 Å². The maximum Gasteiger partial charge on any atom is 0.194 e. The van der Waals surface area contributed by atoms with Gasteiger partial charge in [-0.05, 0) is 33.3 Å². The molecule has 4 heteroatoms. The maximum atomic E-state index is 9.19. The first-order valence-electron chi connectivity index (χ1n) is 6.95. The Bertz CT molecular complexity index is 878. The molecule has 0 unspecified atom stereocenters. The van der Waals surface area contributed by atoms with E-state index in [-0.39, 0.29) is 0 Å². The number of imidazole rings is 1. The monoisotopic (exact) mass is 295 g/mol. The quantitative estimate of drug-likeness (QED) is 0.704. The largest absolute Gasteiger partial charge is 0.290 e. The molecule has 3 aromatic rings. The lowest BCUT2D eigenvalue weighted by Crippen LogP contribution is -1.96. The molecule has 0 bridgehead atoms. The molecule has 2 aromatic heterocycles. The van der Waals surface area contributed by atoms with Crippen LogP contribution in [-0.2, 0) is 6.42 Å². The minimum atomic E-state index is 0.376. The van der Waals surface area contributed by atoms with Gasteiger partial charge in [0.15, 0.2) is 4.96 Å². The second-order valence-corrected chi connectivity index (χ2v) is 6.60. The first-order chi connectivity index (χ1) is 10.0. The molecular formula is C17H17N3S. The van der Waals surface area contributed by atoms with Crippen molar-refractivity contribution >= 4 is 16.3 Å². The predicted molar refractivity (Wildman–Crippen MR) is 86.8 cm³/mol. The number of hydrogen-bond acceptors (Lipinski definition) is 3. The van der Waals surface area contributed by atoms with E-state index in [2.05, 4.69) is 56.4 Å². The molecule has 1 aromatic carbocycles. The summed E-state index contributed by atoms with van der Waals surface area (Å²) in [6.07, 6.45) is 0.376. The standard InChI is InChI=1S/C17H17N3S/c1-10-5-6-14(11(2)9-10)16-15(7-8-18)20-12(3)13(4)21-17(20)19-16/h5-6,9H,7H2,1-4H3. The third-order valence-corrected chi connectivity index (χ3v) is 4.97. The van der Waals surface area contributed by atoms with Crippen LogP contribution in [0.3, 0.4) is 0 Å². The molecule has 0 N–H and O–H groups in total. The van der Waals surface area contributed by atoms with Gasteiger partial charge in [0.1, 0.15) is 0 Å². The van der Waals surface area contributed by atoms with Crippen LogP contribution < -0.4 is 0 Å². The summed E-state index contributed by atoms with van der Waals surface area (Å²) >= 11 is 1.69. The topological polar surface area (TPSA) is 41.1 Å². The Morgan fingerprint density at radius 1 is 1.24 bits per heavy atom. The van der Waals surface area contributed by atoms with Crippen LogP contribution in [0.4, 0.5) is 0 Å². The van der Waals surface area contributed by atoms with Gasteiger partial charge in [-0.25, -0.2) is 4.98 Å². The molecule has 0 saturated carbocycles. The van der Waals surface area contributed by atoms with Gasteiger partial charge in [0.25, 0.3) is 0 Å². The molecule has 0 aliphatic heterocycles. The van der Waals surface area contributed by atoms with E-state index in [9.17, 15) is 5.26 Å². The second kappa shape index (κ2) is 5.01. The minimum absolute atomic E-state index is 0.376. The van der Waals surface area contributed by atoms with E-state index in [0.717, 1.165) is 21.9 Å². The number of aromatic nitrogens is 2. The van der Waals surface area contributed by atoms with Crippen molar-refractivity contribution in [3.05, 3.63) is 45.6 Å². The molecule has 106 valence electrons. The van der Waals surface area contributed by atoms with Gasteiger partial charge in [-0.1, -0.05) is 23.8 Å². The molecule has 0 fully saturated rings. The summed E-state index contributed by atoms with van der Waals surface area (Å²) in [5.41, 5.74) is 6.70. The minimum Gasteiger partial charge on any atom is -0.290 e. The van der Waals surface area contributed by atoms with E-state index >= 15 is 0 Å². The van der Waals surface area contributed by atoms with Crippen LogP contribution in [0.5, 0.6) is 0 Å². The van der Waals surface area contributed by atoms with Crippen LogP contribution in [0.25, 0.3) is 16.2 Å². The highest BCUT2D eigenvalue weighted by atomic mass is 32.1. The molecule has 3 rings (SSSR count). The molecule has 0 atom stereocenters. The number of rotatable bonds is 2. The van der Waals surface area contributed by atoms with E-state index in [4.69, 9.17) is 4.98 Å². The molecule has 3 nitrogen and oxygen atoms in total. The third kappa shape index (κ3) is 2.14. The molecule has 21 heavy (non-hydrogen) atoms. The van der Waals surface area contributed by atoms with Crippen LogP contribution >= 0.6 is 11.3 Å². The van der Waals surface area contributed by atoms with Crippen LogP contribution in [-0.4, -0.2) is 9.38 Å². The number of aryl methyl sites for hydroxylation is 4. The number of nitriles is 1. The summed E-state index contributed by atoms with van der Waals surface area (Å²) in [5.74, 6) is 0. The highest BCUT2D eigenvalue weighted by Crippen LogP contribution is 2.32. The summed E-state index contributed by atoms with van der Waals surface area (Å²) in [6, 6.07) is 8.66. The normalized spacial score (nSPS) is 11.0. The molecule has 0 spiro atoms. The van der Waals surface area contributed by atoms with Gasteiger partial charge >= 0.3 is 0 Å². The van der Waals surface area contributed by atoms with E-state index in [1.165, 1.54) is 21.7 Å². The van der Waals surface area contributed by atoms with E-state index in [1.54, 1.807) is 11.3 Å². The fraction of sp³-hybridized carbons (Fsp3) is 0.294. The molecular weight excluding hydrogens is 278 g/mol. The zero-order chi connectivity index (χ0) is 15.1. The van der Waals surface area contributed by atoms with E-state index in [0.29, 0.717) is 6.42 Å². The van der Waals surface area contributed by atoms with Crippen molar-refractivity contribution < 1.29 is 0 Å². The summed E-state index contributed by atoms with van der Waals surface area (Å²) in [7, 11) is 0. The third-order valence-electron chi connectivity index (χ3n) is 3.91. The van der Waals surface area contributed by atoms with Crippen molar-refractivity contribution in [3.8, 4) is 17.3 Å². The molecule has 0 aliphatic rings. The van der Waals surface area contributed by atoms with Crippen molar-refractivity contribution in [2.45, 2.75) is 34.1 Å². The molecule has 0 amide bonds. The number of thiazole rings is 1. The van der Waals surface area contributed by atoms with Gasteiger partial charge in [0, 0.05) is 16.1 Å². The molecule has 0 radical (unpaired) electrons. The number of nitrogens with zero attached hydrogens (tertiary/aromatic N) is 3. The highest BCUT2D eigenvalue weighted by molar-refractivity contribution is 7.17. The Morgan fingerprint density at radius 2 is 2.00 bits per heavy atom. The fourth-order valence-corrected chi connectivity index (χ4v) is 3.73. The highest BCUT2D eigenvalue weighted by Gasteiger charge is 2.19. The summed E-state index contributed by atoms with van der Waals surface area (Å²) in [4.78, 5) is 7.03. The predicted octanol–water partition coefficient (Wildman–Crippen LogP) is 4.36. The van der Waals surface area contributed by atoms with Crippen LogP contribution in [0.1, 0.15) is 27.4 Å². The van der Waals surface area contributed by atoms with Crippen LogP contribution in [0, 0.1) is 39.0 Å². The molecule has 2 heterocycles. The molecule has 0 saturated heterocycles. The van der Waals surface area contributed by atoms with Gasteiger partial charge in [0.05, 0.1) is 23.9 Å². The zero-order valence-electron chi connectivity index (χ0n) is 12.7. The van der Waals surface area contributed by atoms with Crippen LogP contribution in [0.15, 0.2) is 18.2 Å². The zero-order valence-corrected chi connectivity index (χ0v) is 13.5. The summed E-state index contributed by atoms with van der Waals surface area (Å²) in [5, 5.41) is 9.19. The average Bonchev–Trinajstić information content (AvgIpc) is 2.89. The second-order valence-electron chi connectivity index (χ2n) is 5.42. The van der Waals surface area contributed by atoms with Crippen LogP contribution in [0.2, 0.25) is 0 Å². The summed E-state index contributed by atoms with van der Waals surface area (Å²) < 4.78 is 2.14. The average molecular weight is 295 g/mol. The van der Waals surface area contributed by atoms with Crippen molar-refractivity contribution in [2.24, 2.45) is 0 Å². The van der Waals surface area contributed by atoms with Gasteiger partial charge in [0.2, 0.25) is 0 Å². The Kier molecular flexibility index (Phi) is 3.30. The Morgan fingerprint density at radius 3 is 2.67 bits per heavy atom. The Hall–Kier alpha value is -2.12. The Balaban J connectivity index is 2.32. The van der Waals surface area contributed by atoms with E-state index < -0.39 is 0 Å². The van der Waals surface area contributed by atoms with Gasteiger partial charge in [-0.2, -0.15) is 5.26 Å². The lowest BCUT2D eigenvalue weighted by molar-refractivity contribution is 1.01. The fourth-order valence-electron chi connectivity index (χ4n) is 2.75. The van der Waals surface area contributed by atoms with E-state index in [1.807, 2.05) is 0 Å². The SMILES string of the molecule is Cc1ccc(-c2nc3sc(C)c(C)n3c2CC#N)c(C)c1. The number of hydrogen-bond donors (Lipinski definition) is 0. The van der Waals surface area contributed by atoms with Crippen molar-refractivity contribution in [2.75, 3.05) is 0 Å². The number of benzene rings is 1. The first-order valence-corrected chi connectivity index (χ1v) is 7.76. The first kappa shape index (κ1) is 13.8. The smallest absolute Gasteiger partial charge is 0.194 e. The molecule has 0 aliphatic carbocycles. The number of fused-ring (bicyclic) bond motifs is 1. The van der Waals surface area contributed by atoms with Gasteiger partial charge in [-0.3, -0.25) is 4.40 Å². The lowest BCUT2D eigenvalue weighted by Gasteiger charge is -2.07. The Labute approximate surface area is 128 Å². The van der Waals surface area contributed by atoms with Crippen molar-refractivity contribution in [1.29, 1.82) is 5.26 Å². The van der Waals surface area contributed by atoms with Gasteiger partial charge < -0.3 is 0 Å².